The van der Waals surface area contributed by atoms with Gasteiger partial charge in [-0.05, 0) is 0 Å². The predicted octanol–water partition coefficient (Wildman–Crippen LogP) is -0.490. The third-order valence-electron chi connectivity index (χ3n) is 2.57. The molecule has 0 aliphatic heterocycles. The van der Waals surface area contributed by atoms with Crippen LogP contribution in [0.15, 0.2) is 39.9 Å². The fourth-order valence-corrected chi connectivity index (χ4v) is 1.65. The molecule has 0 amide bonds. The smallest absolute Gasteiger partial charge is 0.349 e. The van der Waals surface area contributed by atoms with Gasteiger partial charge < -0.3 is 11.6 Å². The molecule has 1 heterocycles. The summed E-state index contributed by atoms with van der Waals surface area (Å²) in [5, 5.41) is 0. The van der Waals surface area contributed by atoms with Crippen LogP contribution >= 0.6 is 0 Å². The number of nitrogen functional groups attached to an aromatic ring is 2. The summed E-state index contributed by atoms with van der Waals surface area (Å²) >= 11 is 0. The van der Waals surface area contributed by atoms with Gasteiger partial charge in [0.25, 0.3) is 5.56 Å². The van der Waals surface area contributed by atoms with Gasteiger partial charge in [0.2, 0.25) is 0 Å². The summed E-state index contributed by atoms with van der Waals surface area (Å²) in [4.78, 5) is 23.4. The zero-order valence-corrected chi connectivity index (χ0v) is 9.25. The third-order valence-corrected chi connectivity index (χ3v) is 2.57. The van der Waals surface area contributed by atoms with Crippen molar-refractivity contribution in [2.45, 2.75) is 0 Å². The van der Waals surface area contributed by atoms with E-state index in [1.165, 1.54) is 7.05 Å². The monoisotopic (exact) mass is 232 g/mol. The van der Waals surface area contributed by atoms with E-state index in [4.69, 9.17) is 11.6 Å². The highest BCUT2D eigenvalue weighted by molar-refractivity contribution is 5.72. The Balaban J connectivity index is 2.90. The zero-order chi connectivity index (χ0) is 12.6. The summed E-state index contributed by atoms with van der Waals surface area (Å²) in [6.07, 6.45) is 0. The summed E-state index contributed by atoms with van der Waals surface area (Å²) in [7, 11) is 1.33. The van der Waals surface area contributed by atoms with Gasteiger partial charge >= 0.3 is 5.69 Å². The molecule has 2 rings (SSSR count). The molecular weight excluding hydrogens is 220 g/mol. The third kappa shape index (κ3) is 1.59. The van der Waals surface area contributed by atoms with Crippen LogP contribution in [-0.4, -0.2) is 9.24 Å². The van der Waals surface area contributed by atoms with E-state index >= 15 is 0 Å². The van der Waals surface area contributed by atoms with Gasteiger partial charge in [-0.2, -0.15) is 0 Å². The number of hydrogen-bond donors (Lipinski definition) is 2. The first-order valence-corrected chi connectivity index (χ1v) is 4.96. The topological polar surface area (TPSA) is 96.0 Å². The van der Waals surface area contributed by atoms with Crippen LogP contribution in [0.4, 0.5) is 5.69 Å². The van der Waals surface area contributed by atoms with Crippen LogP contribution in [0.1, 0.15) is 0 Å². The summed E-state index contributed by atoms with van der Waals surface area (Å²) in [5.74, 6) is 5.65. The van der Waals surface area contributed by atoms with Gasteiger partial charge in [0, 0.05) is 12.6 Å². The maximum atomic E-state index is 11.7. The first kappa shape index (κ1) is 11.0. The van der Waals surface area contributed by atoms with Crippen LogP contribution in [0.25, 0.3) is 11.3 Å². The van der Waals surface area contributed by atoms with Crippen molar-refractivity contribution in [2.75, 3.05) is 11.6 Å². The second-order valence-corrected chi connectivity index (χ2v) is 3.65. The van der Waals surface area contributed by atoms with E-state index in [9.17, 15) is 9.59 Å². The van der Waals surface area contributed by atoms with Gasteiger partial charge in [-0.1, -0.05) is 30.3 Å². The number of anilines is 1. The van der Waals surface area contributed by atoms with Crippen LogP contribution in [-0.2, 0) is 7.05 Å². The van der Waals surface area contributed by atoms with Crippen LogP contribution in [0.2, 0.25) is 0 Å². The lowest BCUT2D eigenvalue weighted by Crippen LogP contribution is -2.43. The lowest BCUT2D eigenvalue weighted by Gasteiger charge is -2.11. The predicted molar refractivity (Wildman–Crippen MR) is 65.9 cm³/mol. The lowest BCUT2D eigenvalue weighted by atomic mass is 10.1. The minimum atomic E-state index is -0.608. The number of benzene rings is 1. The van der Waals surface area contributed by atoms with Gasteiger partial charge in [0.15, 0.2) is 0 Å². The number of aromatic nitrogens is 2. The minimum Gasteiger partial charge on any atom is -0.392 e. The SMILES string of the molecule is Cn1c(=O)c(N)c(-c2ccccc2)n(N)c1=O. The molecule has 88 valence electrons. The van der Waals surface area contributed by atoms with E-state index in [2.05, 4.69) is 0 Å². The Morgan fingerprint density at radius 1 is 1.12 bits per heavy atom. The fourth-order valence-electron chi connectivity index (χ4n) is 1.65. The Morgan fingerprint density at radius 3 is 2.29 bits per heavy atom. The van der Waals surface area contributed by atoms with E-state index in [0.29, 0.717) is 5.56 Å². The highest BCUT2D eigenvalue weighted by Crippen LogP contribution is 2.19. The largest absolute Gasteiger partial charge is 0.392 e. The molecule has 0 bridgehead atoms. The Hall–Kier alpha value is -2.50. The molecule has 0 fully saturated rings. The molecule has 4 N–H and O–H groups in total. The van der Waals surface area contributed by atoms with E-state index < -0.39 is 11.2 Å². The summed E-state index contributed by atoms with van der Waals surface area (Å²) in [6.45, 7) is 0. The standard InChI is InChI=1S/C11H12N4O2/c1-14-10(16)8(12)9(15(13)11(14)17)7-5-3-2-4-6-7/h2-6H,12-13H2,1H3. The molecule has 0 aliphatic rings. The van der Waals surface area contributed by atoms with E-state index in [1.807, 2.05) is 6.07 Å². The lowest BCUT2D eigenvalue weighted by molar-refractivity contribution is 0.720. The van der Waals surface area contributed by atoms with Crippen LogP contribution < -0.4 is 22.8 Å². The molecule has 0 atom stereocenters. The van der Waals surface area contributed by atoms with Crippen LogP contribution in [0.3, 0.4) is 0 Å². The molecular formula is C11H12N4O2. The molecule has 0 unspecified atom stereocenters. The first-order chi connectivity index (χ1) is 8.04. The molecule has 6 nitrogen and oxygen atoms in total. The molecule has 2 aromatic rings. The Bertz CT molecular complexity index is 633. The van der Waals surface area contributed by atoms with Crippen molar-refractivity contribution in [3.05, 3.63) is 51.2 Å². The molecule has 0 radical (unpaired) electrons. The molecule has 0 aliphatic carbocycles. The molecule has 1 aromatic heterocycles. The van der Waals surface area contributed by atoms with E-state index in [0.717, 1.165) is 9.24 Å². The highest BCUT2D eigenvalue weighted by Gasteiger charge is 2.14. The van der Waals surface area contributed by atoms with E-state index in [-0.39, 0.29) is 11.4 Å². The highest BCUT2D eigenvalue weighted by atomic mass is 16.2. The number of rotatable bonds is 1. The zero-order valence-electron chi connectivity index (χ0n) is 9.25. The van der Waals surface area contributed by atoms with Gasteiger partial charge in [-0.25, -0.2) is 9.47 Å². The Kier molecular flexibility index (Phi) is 2.47. The fraction of sp³-hybridized carbons (Fsp3) is 0.0909. The number of hydrogen-bond acceptors (Lipinski definition) is 4. The van der Waals surface area contributed by atoms with Crippen molar-refractivity contribution in [1.82, 2.24) is 9.24 Å². The maximum Gasteiger partial charge on any atom is 0.349 e. The molecule has 6 heteroatoms. The van der Waals surface area contributed by atoms with Crippen molar-refractivity contribution in [2.24, 2.45) is 7.05 Å². The van der Waals surface area contributed by atoms with Crippen molar-refractivity contribution in [3.8, 4) is 11.3 Å². The Morgan fingerprint density at radius 2 is 1.71 bits per heavy atom. The van der Waals surface area contributed by atoms with Crippen molar-refractivity contribution in [3.63, 3.8) is 0 Å². The van der Waals surface area contributed by atoms with Crippen LogP contribution in [0.5, 0.6) is 0 Å². The van der Waals surface area contributed by atoms with Crippen molar-refractivity contribution < 1.29 is 0 Å². The maximum absolute atomic E-state index is 11.7. The molecule has 0 spiro atoms. The molecule has 1 aromatic carbocycles. The number of nitrogens with zero attached hydrogens (tertiary/aromatic N) is 2. The quantitative estimate of drug-likeness (QED) is 0.648. The Labute approximate surface area is 96.7 Å². The van der Waals surface area contributed by atoms with Crippen molar-refractivity contribution >= 4 is 5.69 Å². The van der Waals surface area contributed by atoms with Crippen molar-refractivity contribution in [1.29, 1.82) is 0 Å². The average molecular weight is 232 g/mol. The second-order valence-electron chi connectivity index (χ2n) is 3.65. The summed E-state index contributed by atoms with van der Waals surface area (Å²) < 4.78 is 1.76. The summed E-state index contributed by atoms with van der Waals surface area (Å²) in [5.41, 5.74) is 5.38. The van der Waals surface area contributed by atoms with E-state index in [1.54, 1.807) is 24.3 Å². The van der Waals surface area contributed by atoms with Crippen LogP contribution in [0, 0.1) is 0 Å². The van der Waals surface area contributed by atoms with Gasteiger partial charge in [-0.3, -0.25) is 9.36 Å². The van der Waals surface area contributed by atoms with Gasteiger partial charge in [0.1, 0.15) is 11.4 Å². The number of nitrogens with two attached hydrogens (primary N) is 2. The first-order valence-electron chi connectivity index (χ1n) is 4.96. The van der Waals surface area contributed by atoms with Gasteiger partial charge in [0.05, 0.1) is 0 Å². The minimum absolute atomic E-state index is 0.0409. The molecule has 17 heavy (non-hydrogen) atoms. The average Bonchev–Trinajstić information content (AvgIpc) is 2.36. The second kappa shape index (κ2) is 3.82. The van der Waals surface area contributed by atoms with Gasteiger partial charge in [-0.15, -0.1) is 0 Å². The molecule has 0 saturated carbocycles. The summed E-state index contributed by atoms with van der Waals surface area (Å²) in [6, 6.07) is 8.83. The molecule has 0 saturated heterocycles. The normalized spacial score (nSPS) is 10.4.